The van der Waals surface area contributed by atoms with Crippen molar-refractivity contribution in [2.24, 2.45) is 0 Å². The predicted molar refractivity (Wildman–Crippen MR) is 133 cm³/mol. The van der Waals surface area contributed by atoms with Crippen LogP contribution >= 0.6 is 0 Å². The van der Waals surface area contributed by atoms with Gasteiger partial charge in [0.05, 0.1) is 16.3 Å². The minimum atomic E-state index is -3.69. The Hall–Kier alpha value is -3.91. The second kappa shape index (κ2) is 9.52. The first-order chi connectivity index (χ1) is 16.3. The van der Waals surface area contributed by atoms with Crippen molar-refractivity contribution in [3.63, 3.8) is 0 Å². The van der Waals surface area contributed by atoms with Gasteiger partial charge in [0, 0.05) is 31.5 Å². The molecule has 0 aliphatic carbocycles. The number of sulfonamides is 1. The van der Waals surface area contributed by atoms with Crippen LogP contribution in [0.2, 0.25) is 0 Å². The van der Waals surface area contributed by atoms with E-state index in [1.54, 1.807) is 54.7 Å². The van der Waals surface area contributed by atoms with Crippen LogP contribution in [0.15, 0.2) is 90.1 Å². The summed E-state index contributed by atoms with van der Waals surface area (Å²) in [5, 5.41) is 2.94. The maximum atomic E-state index is 12.9. The molecule has 0 bridgehead atoms. The van der Waals surface area contributed by atoms with Gasteiger partial charge in [-0.3, -0.25) is 9.10 Å². The minimum absolute atomic E-state index is 0.217. The number of nitrogens with one attached hydrogen (secondary N) is 1. The van der Waals surface area contributed by atoms with Crippen molar-refractivity contribution >= 4 is 21.6 Å². The van der Waals surface area contributed by atoms with E-state index in [1.807, 2.05) is 48.9 Å². The zero-order valence-corrected chi connectivity index (χ0v) is 20.1. The molecular formula is C26H26N4O3S. The lowest BCUT2D eigenvalue weighted by Crippen LogP contribution is -2.27. The molecule has 34 heavy (non-hydrogen) atoms. The Balaban J connectivity index is 1.46. The summed E-state index contributed by atoms with van der Waals surface area (Å²) in [5.74, 6) is 0.617. The zero-order chi connectivity index (χ0) is 24.3. The van der Waals surface area contributed by atoms with Gasteiger partial charge in [0.25, 0.3) is 15.9 Å². The molecule has 0 fully saturated rings. The topological polar surface area (TPSA) is 84.3 Å². The minimum Gasteiger partial charge on any atom is -0.348 e. The maximum Gasteiger partial charge on any atom is 0.264 e. The summed E-state index contributed by atoms with van der Waals surface area (Å²) in [7, 11) is -2.19. The summed E-state index contributed by atoms with van der Waals surface area (Å²) in [6.45, 7) is 4.17. The van der Waals surface area contributed by atoms with Crippen LogP contribution in [0.1, 0.15) is 27.3 Å². The normalized spacial score (nSPS) is 11.3. The van der Waals surface area contributed by atoms with Crippen LogP contribution < -0.4 is 9.62 Å². The standard InChI is InChI=1S/C26H26N4O3S/c1-19-8-14-24(15-9-19)34(32,33)29(3)23-12-10-21(11-13-23)26(31)28-18-22-6-4-5-7-25(22)30-17-16-27-20(30)2/h4-17H,18H2,1-3H3,(H,28,31). The summed E-state index contributed by atoms with van der Waals surface area (Å²) < 4.78 is 29.0. The Morgan fingerprint density at radius 1 is 0.971 bits per heavy atom. The summed E-state index contributed by atoms with van der Waals surface area (Å²) in [5.41, 5.74) is 3.81. The Labute approximate surface area is 199 Å². The first-order valence-corrected chi connectivity index (χ1v) is 12.2. The number of carbonyl (C=O) groups is 1. The molecule has 174 valence electrons. The number of aromatic nitrogens is 2. The SMILES string of the molecule is Cc1ccc(S(=O)(=O)N(C)c2ccc(C(=O)NCc3ccccc3-n3ccnc3C)cc2)cc1. The molecule has 1 amide bonds. The third-order valence-corrected chi connectivity index (χ3v) is 7.49. The average molecular weight is 475 g/mol. The fraction of sp³-hybridized carbons (Fsp3) is 0.154. The van der Waals surface area contributed by atoms with Crippen molar-refractivity contribution in [1.29, 1.82) is 0 Å². The smallest absolute Gasteiger partial charge is 0.264 e. The van der Waals surface area contributed by atoms with E-state index in [4.69, 9.17) is 0 Å². The number of carbonyl (C=O) groups excluding carboxylic acids is 1. The molecule has 4 rings (SSSR count). The Morgan fingerprint density at radius 2 is 1.65 bits per heavy atom. The molecule has 0 saturated heterocycles. The number of hydrogen-bond donors (Lipinski definition) is 1. The van der Waals surface area contributed by atoms with Gasteiger partial charge >= 0.3 is 0 Å². The highest BCUT2D eigenvalue weighted by Crippen LogP contribution is 2.23. The zero-order valence-electron chi connectivity index (χ0n) is 19.3. The van der Waals surface area contributed by atoms with E-state index in [-0.39, 0.29) is 10.8 Å². The molecule has 1 N–H and O–H groups in total. The molecule has 0 unspecified atom stereocenters. The summed E-state index contributed by atoms with van der Waals surface area (Å²) >= 11 is 0. The van der Waals surface area contributed by atoms with Crippen LogP contribution in [0.5, 0.6) is 0 Å². The number of nitrogens with zero attached hydrogens (tertiary/aromatic N) is 3. The largest absolute Gasteiger partial charge is 0.348 e. The Kier molecular flexibility index (Phi) is 6.51. The van der Waals surface area contributed by atoms with E-state index in [0.29, 0.717) is 17.8 Å². The van der Waals surface area contributed by atoms with Crippen LogP contribution in [0.25, 0.3) is 5.69 Å². The molecule has 1 aromatic heterocycles. The van der Waals surface area contributed by atoms with Gasteiger partial charge in [-0.1, -0.05) is 35.9 Å². The number of amides is 1. The fourth-order valence-corrected chi connectivity index (χ4v) is 4.83. The van der Waals surface area contributed by atoms with Gasteiger partial charge in [0.2, 0.25) is 0 Å². The molecular weight excluding hydrogens is 448 g/mol. The number of para-hydroxylation sites is 1. The molecule has 3 aromatic carbocycles. The third kappa shape index (κ3) is 4.72. The van der Waals surface area contributed by atoms with E-state index in [2.05, 4.69) is 10.3 Å². The van der Waals surface area contributed by atoms with Gasteiger partial charge in [0.1, 0.15) is 5.82 Å². The number of aryl methyl sites for hydroxylation is 2. The number of anilines is 1. The monoisotopic (exact) mass is 474 g/mol. The van der Waals surface area contributed by atoms with Crippen LogP contribution in [-0.2, 0) is 16.6 Å². The quantitative estimate of drug-likeness (QED) is 0.434. The average Bonchev–Trinajstić information content (AvgIpc) is 3.28. The number of imidazole rings is 1. The number of benzene rings is 3. The molecule has 0 radical (unpaired) electrons. The van der Waals surface area contributed by atoms with Gasteiger partial charge in [-0.2, -0.15) is 0 Å². The number of hydrogen-bond acceptors (Lipinski definition) is 4. The molecule has 7 nitrogen and oxygen atoms in total. The van der Waals surface area contributed by atoms with Crippen LogP contribution in [0, 0.1) is 13.8 Å². The lowest BCUT2D eigenvalue weighted by molar-refractivity contribution is 0.0951. The summed E-state index contributed by atoms with van der Waals surface area (Å²) in [6.07, 6.45) is 3.62. The molecule has 0 saturated carbocycles. The Morgan fingerprint density at radius 3 is 2.29 bits per heavy atom. The van der Waals surface area contributed by atoms with E-state index >= 15 is 0 Å². The Bertz CT molecular complexity index is 1410. The van der Waals surface area contributed by atoms with Crippen molar-refractivity contribution in [3.05, 3.63) is 108 Å². The van der Waals surface area contributed by atoms with Gasteiger partial charge in [-0.15, -0.1) is 0 Å². The number of rotatable bonds is 7. The van der Waals surface area contributed by atoms with Crippen molar-refractivity contribution in [3.8, 4) is 5.69 Å². The second-order valence-electron chi connectivity index (χ2n) is 7.99. The van der Waals surface area contributed by atoms with Gasteiger partial charge in [-0.05, 0) is 61.9 Å². The van der Waals surface area contributed by atoms with Gasteiger partial charge in [-0.25, -0.2) is 13.4 Å². The summed E-state index contributed by atoms with van der Waals surface area (Å²) in [4.78, 5) is 17.2. The third-order valence-electron chi connectivity index (χ3n) is 5.69. The van der Waals surface area contributed by atoms with Crippen LogP contribution in [0.4, 0.5) is 5.69 Å². The molecule has 0 atom stereocenters. The molecule has 4 aromatic rings. The first kappa shape index (κ1) is 23.3. The highest BCUT2D eigenvalue weighted by atomic mass is 32.2. The van der Waals surface area contributed by atoms with Crippen molar-refractivity contribution in [1.82, 2.24) is 14.9 Å². The van der Waals surface area contributed by atoms with Gasteiger partial charge in [0.15, 0.2) is 0 Å². The van der Waals surface area contributed by atoms with Crippen molar-refractivity contribution in [2.45, 2.75) is 25.3 Å². The highest BCUT2D eigenvalue weighted by Gasteiger charge is 2.21. The van der Waals surface area contributed by atoms with E-state index < -0.39 is 10.0 Å². The highest BCUT2D eigenvalue weighted by molar-refractivity contribution is 7.92. The molecule has 0 aliphatic rings. The van der Waals surface area contributed by atoms with Crippen molar-refractivity contribution < 1.29 is 13.2 Å². The molecule has 1 heterocycles. The second-order valence-corrected chi connectivity index (χ2v) is 9.96. The van der Waals surface area contributed by atoms with Crippen LogP contribution in [0.3, 0.4) is 0 Å². The van der Waals surface area contributed by atoms with E-state index in [1.165, 1.54) is 11.4 Å². The maximum absolute atomic E-state index is 12.9. The fourth-order valence-electron chi connectivity index (χ4n) is 3.64. The lowest BCUT2D eigenvalue weighted by atomic mass is 10.1. The van der Waals surface area contributed by atoms with Gasteiger partial charge < -0.3 is 9.88 Å². The molecule has 0 aliphatic heterocycles. The molecule has 8 heteroatoms. The lowest BCUT2D eigenvalue weighted by Gasteiger charge is -2.20. The predicted octanol–water partition coefficient (Wildman–Crippen LogP) is 4.24. The summed E-state index contributed by atoms with van der Waals surface area (Å²) in [6, 6.07) is 21.0. The van der Waals surface area contributed by atoms with E-state index in [0.717, 1.165) is 22.6 Å². The van der Waals surface area contributed by atoms with Crippen molar-refractivity contribution in [2.75, 3.05) is 11.4 Å². The van der Waals surface area contributed by atoms with Crippen LogP contribution in [-0.4, -0.2) is 30.9 Å². The first-order valence-electron chi connectivity index (χ1n) is 10.8. The molecule has 0 spiro atoms. The van der Waals surface area contributed by atoms with E-state index in [9.17, 15) is 13.2 Å².